The van der Waals surface area contributed by atoms with Crippen LogP contribution in [0.15, 0.2) is 0 Å². The van der Waals surface area contributed by atoms with E-state index in [1.54, 1.807) is 0 Å². The summed E-state index contributed by atoms with van der Waals surface area (Å²) in [6.07, 6.45) is 8.58. The first-order valence-electron chi connectivity index (χ1n) is 6.88. The Kier molecular flexibility index (Phi) is 6.77. The van der Waals surface area contributed by atoms with Gasteiger partial charge in [-0.15, -0.1) is 6.42 Å². The Bertz CT molecular complexity index is 292. The van der Waals surface area contributed by atoms with Gasteiger partial charge in [0.2, 0.25) is 5.91 Å². The first kappa shape index (κ1) is 15.0. The molecule has 102 valence electrons. The maximum atomic E-state index is 12.0. The summed E-state index contributed by atoms with van der Waals surface area (Å²) in [5.41, 5.74) is 0. The topological polar surface area (TPSA) is 44.4 Å². The zero-order valence-corrected chi connectivity index (χ0v) is 11.5. The van der Waals surface area contributed by atoms with Gasteiger partial charge >= 0.3 is 0 Å². The highest BCUT2D eigenvalue weighted by molar-refractivity contribution is 5.81. The Labute approximate surface area is 110 Å². The molecule has 0 aromatic rings. The van der Waals surface area contributed by atoms with Crippen molar-refractivity contribution in [1.29, 1.82) is 0 Å². The average Bonchev–Trinajstić information content (AvgIpc) is 2.42. The van der Waals surface area contributed by atoms with E-state index < -0.39 is 0 Å². The fraction of sp³-hybridized carbons (Fsp3) is 0.786. The molecule has 0 aromatic heterocycles. The van der Waals surface area contributed by atoms with Gasteiger partial charge in [-0.05, 0) is 39.3 Å². The van der Waals surface area contributed by atoms with Crippen LogP contribution in [-0.4, -0.2) is 49.1 Å². The molecule has 1 amide bonds. The van der Waals surface area contributed by atoms with E-state index in [0.29, 0.717) is 12.6 Å². The molecule has 2 unspecified atom stereocenters. The van der Waals surface area contributed by atoms with E-state index in [-0.39, 0.29) is 11.9 Å². The van der Waals surface area contributed by atoms with Crippen LogP contribution in [0.5, 0.6) is 0 Å². The third-order valence-corrected chi connectivity index (χ3v) is 3.46. The second-order valence-corrected chi connectivity index (χ2v) is 4.84. The van der Waals surface area contributed by atoms with Crippen molar-refractivity contribution in [3.8, 4) is 12.3 Å². The van der Waals surface area contributed by atoms with Crippen molar-refractivity contribution in [1.82, 2.24) is 15.5 Å². The SMILES string of the molecule is C#CCNC(=O)C(C)N(CCC)C1CCCNC1. The number of hydrogen-bond acceptors (Lipinski definition) is 3. The van der Waals surface area contributed by atoms with Gasteiger partial charge in [0, 0.05) is 12.6 Å². The molecule has 1 fully saturated rings. The van der Waals surface area contributed by atoms with Crippen LogP contribution in [0.4, 0.5) is 0 Å². The minimum atomic E-state index is -0.108. The zero-order chi connectivity index (χ0) is 13.4. The predicted octanol–water partition coefficient (Wildman–Crippen LogP) is 0.588. The summed E-state index contributed by atoms with van der Waals surface area (Å²) in [5, 5.41) is 6.18. The van der Waals surface area contributed by atoms with Crippen LogP contribution in [0.1, 0.15) is 33.1 Å². The van der Waals surface area contributed by atoms with E-state index in [1.807, 2.05) is 6.92 Å². The van der Waals surface area contributed by atoms with E-state index in [0.717, 1.165) is 26.1 Å². The maximum absolute atomic E-state index is 12.0. The fourth-order valence-electron chi connectivity index (χ4n) is 2.50. The number of hydrogen-bond donors (Lipinski definition) is 2. The van der Waals surface area contributed by atoms with E-state index in [9.17, 15) is 4.79 Å². The minimum absolute atomic E-state index is 0.0342. The Morgan fingerprint density at radius 3 is 3.00 bits per heavy atom. The molecular formula is C14H25N3O. The van der Waals surface area contributed by atoms with Gasteiger partial charge < -0.3 is 10.6 Å². The molecule has 2 N–H and O–H groups in total. The molecule has 1 aliphatic heterocycles. The standard InChI is InChI=1S/C14H25N3O/c1-4-8-16-14(18)12(3)17(10-5-2)13-7-6-9-15-11-13/h1,12-13,15H,5-11H2,2-3H3,(H,16,18). The van der Waals surface area contributed by atoms with Gasteiger partial charge in [0.1, 0.15) is 0 Å². The Balaban J connectivity index is 2.58. The van der Waals surface area contributed by atoms with Crippen molar-refractivity contribution < 1.29 is 4.79 Å². The molecular weight excluding hydrogens is 226 g/mol. The minimum Gasteiger partial charge on any atom is -0.344 e. The van der Waals surface area contributed by atoms with Crippen LogP contribution in [0.2, 0.25) is 0 Å². The molecule has 1 aliphatic rings. The number of carbonyl (C=O) groups is 1. The second kappa shape index (κ2) is 8.12. The fourth-order valence-corrected chi connectivity index (χ4v) is 2.50. The van der Waals surface area contributed by atoms with Gasteiger partial charge in [0.25, 0.3) is 0 Å². The van der Waals surface area contributed by atoms with Crippen molar-refractivity contribution in [2.45, 2.75) is 45.2 Å². The lowest BCUT2D eigenvalue weighted by Gasteiger charge is -2.37. The van der Waals surface area contributed by atoms with Crippen LogP contribution < -0.4 is 10.6 Å². The number of nitrogens with one attached hydrogen (secondary N) is 2. The molecule has 4 heteroatoms. The van der Waals surface area contributed by atoms with Crippen molar-refractivity contribution in [2.24, 2.45) is 0 Å². The predicted molar refractivity (Wildman–Crippen MR) is 74.2 cm³/mol. The summed E-state index contributed by atoms with van der Waals surface area (Å²) < 4.78 is 0. The number of rotatable bonds is 6. The zero-order valence-electron chi connectivity index (χ0n) is 11.5. The van der Waals surface area contributed by atoms with Gasteiger partial charge in [-0.2, -0.15) is 0 Å². The molecule has 0 spiro atoms. The molecule has 1 rings (SSSR count). The smallest absolute Gasteiger partial charge is 0.237 e. The van der Waals surface area contributed by atoms with Gasteiger partial charge in [-0.1, -0.05) is 12.8 Å². The monoisotopic (exact) mass is 251 g/mol. The normalized spacial score (nSPS) is 21.3. The molecule has 0 aromatic carbocycles. The number of carbonyl (C=O) groups excluding carboxylic acids is 1. The number of piperidine rings is 1. The number of nitrogens with zero attached hydrogens (tertiary/aromatic N) is 1. The Hall–Kier alpha value is -1.05. The first-order valence-corrected chi connectivity index (χ1v) is 6.88. The molecule has 1 saturated heterocycles. The summed E-state index contributed by atoms with van der Waals surface area (Å²) >= 11 is 0. The van der Waals surface area contributed by atoms with Gasteiger partial charge in [-0.25, -0.2) is 0 Å². The first-order chi connectivity index (χ1) is 8.70. The summed E-state index contributed by atoms with van der Waals surface area (Å²) in [5.74, 6) is 2.48. The van der Waals surface area contributed by atoms with Crippen LogP contribution in [0.25, 0.3) is 0 Å². The highest BCUT2D eigenvalue weighted by Crippen LogP contribution is 2.14. The second-order valence-electron chi connectivity index (χ2n) is 4.84. The van der Waals surface area contributed by atoms with Crippen LogP contribution in [0.3, 0.4) is 0 Å². The summed E-state index contributed by atoms with van der Waals surface area (Å²) in [7, 11) is 0. The van der Waals surface area contributed by atoms with E-state index in [2.05, 4.69) is 28.4 Å². The van der Waals surface area contributed by atoms with Gasteiger partial charge in [-0.3, -0.25) is 9.69 Å². The van der Waals surface area contributed by atoms with Gasteiger partial charge in [0.05, 0.1) is 12.6 Å². The lowest BCUT2D eigenvalue weighted by Crippen LogP contribution is -2.54. The van der Waals surface area contributed by atoms with Crippen molar-refractivity contribution in [3.63, 3.8) is 0 Å². The molecule has 2 atom stereocenters. The van der Waals surface area contributed by atoms with Crippen LogP contribution in [0, 0.1) is 12.3 Å². The van der Waals surface area contributed by atoms with Crippen LogP contribution in [-0.2, 0) is 4.79 Å². The van der Waals surface area contributed by atoms with Crippen LogP contribution >= 0.6 is 0 Å². The Morgan fingerprint density at radius 2 is 2.44 bits per heavy atom. The van der Waals surface area contributed by atoms with Gasteiger partial charge in [0.15, 0.2) is 0 Å². The van der Waals surface area contributed by atoms with Crippen molar-refractivity contribution >= 4 is 5.91 Å². The van der Waals surface area contributed by atoms with E-state index in [4.69, 9.17) is 6.42 Å². The van der Waals surface area contributed by atoms with Crippen molar-refractivity contribution in [2.75, 3.05) is 26.2 Å². The molecule has 0 aliphatic carbocycles. The third kappa shape index (κ3) is 4.32. The van der Waals surface area contributed by atoms with E-state index >= 15 is 0 Å². The molecule has 4 nitrogen and oxygen atoms in total. The highest BCUT2D eigenvalue weighted by atomic mass is 16.2. The molecule has 0 radical (unpaired) electrons. The maximum Gasteiger partial charge on any atom is 0.237 e. The number of amides is 1. The molecule has 0 bridgehead atoms. The lowest BCUT2D eigenvalue weighted by molar-refractivity contribution is -0.126. The summed E-state index contributed by atoms with van der Waals surface area (Å²) in [6.45, 7) is 7.45. The molecule has 1 heterocycles. The third-order valence-electron chi connectivity index (χ3n) is 3.46. The Morgan fingerprint density at radius 1 is 1.67 bits per heavy atom. The quantitative estimate of drug-likeness (QED) is 0.679. The van der Waals surface area contributed by atoms with Crippen molar-refractivity contribution in [3.05, 3.63) is 0 Å². The largest absolute Gasteiger partial charge is 0.344 e. The molecule has 18 heavy (non-hydrogen) atoms. The number of terminal acetylenes is 1. The average molecular weight is 251 g/mol. The highest BCUT2D eigenvalue weighted by Gasteiger charge is 2.28. The lowest BCUT2D eigenvalue weighted by atomic mass is 10.0. The van der Waals surface area contributed by atoms with E-state index in [1.165, 1.54) is 12.8 Å². The summed E-state index contributed by atoms with van der Waals surface area (Å²) in [6, 6.07) is 0.355. The molecule has 0 saturated carbocycles. The summed E-state index contributed by atoms with van der Waals surface area (Å²) in [4.78, 5) is 14.3.